The Morgan fingerprint density at radius 2 is 2.11 bits per heavy atom. The summed E-state index contributed by atoms with van der Waals surface area (Å²) in [5.74, 6) is 0.294. The van der Waals surface area contributed by atoms with Gasteiger partial charge in [0.05, 0.1) is 5.69 Å². The van der Waals surface area contributed by atoms with E-state index in [-0.39, 0.29) is 17.5 Å². The summed E-state index contributed by atoms with van der Waals surface area (Å²) < 4.78 is 0. The lowest BCUT2D eigenvalue weighted by molar-refractivity contribution is 0.440. The highest BCUT2D eigenvalue weighted by Crippen LogP contribution is 2.27. The summed E-state index contributed by atoms with van der Waals surface area (Å²) in [5.41, 5.74) is 1.47. The van der Waals surface area contributed by atoms with Gasteiger partial charge in [-0.25, -0.2) is 0 Å². The molecule has 18 heavy (non-hydrogen) atoms. The van der Waals surface area contributed by atoms with E-state index in [0.29, 0.717) is 12.1 Å². The van der Waals surface area contributed by atoms with Crippen molar-refractivity contribution < 1.29 is 10.2 Å². The van der Waals surface area contributed by atoms with Crippen LogP contribution in [-0.4, -0.2) is 20.4 Å². The van der Waals surface area contributed by atoms with Crippen LogP contribution in [0.15, 0.2) is 36.5 Å². The van der Waals surface area contributed by atoms with Crippen LogP contribution in [0.1, 0.15) is 24.2 Å². The summed E-state index contributed by atoms with van der Waals surface area (Å²) in [4.78, 5) is 0. The maximum Gasteiger partial charge on any atom is 0.120 e. The molecule has 0 fully saturated rings. The Morgan fingerprint density at radius 3 is 2.83 bits per heavy atom. The lowest BCUT2D eigenvalue weighted by Gasteiger charge is -2.15. The zero-order valence-electron chi connectivity index (χ0n) is 10.0. The van der Waals surface area contributed by atoms with Crippen molar-refractivity contribution in [1.29, 1.82) is 0 Å². The van der Waals surface area contributed by atoms with E-state index in [1.165, 1.54) is 12.1 Å². The van der Waals surface area contributed by atoms with Gasteiger partial charge >= 0.3 is 0 Å². The van der Waals surface area contributed by atoms with Crippen LogP contribution < -0.4 is 5.32 Å². The second-order valence-electron chi connectivity index (χ2n) is 4.06. The molecular weight excluding hydrogens is 230 g/mol. The number of rotatable bonds is 4. The molecule has 0 bridgehead atoms. The van der Waals surface area contributed by atoms with Crippen LogP contribution in [0.25, 0.3) is 0 Å². The number of hydrogen-bond donors (Lipinski definition) is 3. The first-order chi connectivity index (χ1) is 8.66. The molecule has 0 aliphatic heterocycles. The van der Waals surface area contributed by atoms with Crippen molar-refractivity contribution in [3.05, 3.63) is 47.8 Å². The molecule has 94 valence electrons. The van der Waals surface area contributed by atoms with E-state index in [4.69, 9.17) is 0 Å². The average molecular weight is 245 g/mol. The number of benzene rings is 1. The molecule has 0 saturated carbocycles. The van der Waals surface area contributed by atoms with Crippen LogP contribution in [0.2, 0.25) is 0 Å². The van der Waals surface area contributed by atoms with Gasteiger partial charge in [-0.05, 0) is 37.3 Å². The fourth-order valence-electron chi connectivity index (χ4n) is 1.68. The second kappa shape index (κ2) is 5.46. The third-order valence-corrected chi connectivity index (χ3v) is 2.69. The molecular formula is C13H15N3O2. The number of phenols is 2. The van der Waals surface area contributed by atoms with Gasteiger partial charge in [-0.2, -0.15) is 10.2 Å². The Hall–Kier alpha value is -2.14. The Bertz CT molecular complexity index is 517. The number of nitrogens with zero attached hydrogens (tertiary/aromatic N) is 2. The summed E-state index contributed by atoms with van der Waals surface area (Å²) in [6.07, 6.45) is 1.62. The predicted molar refractivity (Wildman–Crippen MR) is 67.1 cm³/mol. The number of aromatic hydroxyl groups is 2. The highest BCUT2D eigenvalue weighted by atomic mass is 16.3. The molecule has 1 unspecified atom stereocenters. The molecule has 0 aliphatic rings. The molecule has 2 rings (SSSR count). The molecule has 2 aromatic rings. The van der Waals surface area contributed by atoms with Crippen molar-refractivity contribution >= 4 is 0 Å². The second-order valence-corrected chi connectivity index (χ2v) is 4.06. The van der Waals surface area contributed by atoms with Gasteiger partial charge in [-0.1, -0.05) is 0 Å². The number of hydrogen-bond acceptors (Lipinski definition) is 5. The monoisotopic (exact) mass is 245 g/mol. The zero-order valence-corrected chi connectivity index (χ0v) is 10.0. The van der Waals surface area contributed by atoms with E-state index in [1.54, 1.807) is 12.3 Å². The highest BCUT2D eigenvalue weighted by Gasteiger charge is 2.10. The molecule has 5 heteroatoms. The predicted octanol–water partition coefficient (Wildman–Crippen LogP) is 1.74. The van der Waals surface area contributed by atoms with E-state index in [1.807, 2.05) is 19.1 Å². The van der Waals surface area contributed by atoms with Gasteiger partial charge in [0.1, 0.15) is 11.5 Å². The van der Waals surface area contributed by atoms with E-state index in [2.05, 4.69) is 15.5 Å². The van der Waals surface area contributed by atoms with E-state index >= 15 is 0 Å². The Kier molecular flexibility index (Phi) is 3.74. The van der Waals surface area contributed by atoms with Crippen LogP contribution in [-0.2, 0) is 6.54 Å². The Morgan fingerprint density at radius 1 is 1.28 bits per heavy atom. The molecule has 1 atom stereocenters. The van der Waals surface area contributed by atoms with Crippen LogP contribution in [0.3, 0.4) is 0 Å². The first-order valence-corrected chi connectivity index (χ1v) is 5.68. The third kappa shape index (κ3) is 2.95. The van der Waals surface area contributed by atoms with E-state index in [9.17, 15) is 10.2 Å². The molecule has 1 aromatic carbocycles. The minimum atomic E-state index is -0.0980. The molecule has 1 aromatic heterocycles. The number of phenolic OH excluding ortho intramolecular Hbond substituents is 2. The van der Waals surface area contributed by atoms with Crippen molar-refractivity contribution in [3.8, 4) is 11.5 Å². The van der Waals surface area contributed by atoms with E-state index in [0.717, 1.165) is 5.69 Å². The molecule has 0 amide bonds. The quantitative estimate of drug-likeness (QED) is 0.715. The maximum atomic E-state index is 9.72. The summed E-state index contributed by atoms with van der Waals surface area (Å²) in [5, 5.41) is 30.1. The van der Waals surface area contributed by atoms with Crippen molar-refractivity contribution in [2.45, 2.75) is 19.5 Å². The SMILES string of the molecule is CC(NCc1cccnn1)c1cc(O)ccc1O. The van der Waals surface area contributed by atoms with Gasteiger partial charge < -0.3 is 15.5 Å². The first kappa shape index (κ1) is 12.3. The van der Waals surface area contributed by atoms with Gasteiger partial charge in [-0.3, -0.25) is 0 Å². The molecule has 0 radical (unpaired) electrons. The van der Waals surface area contributed by atoms with Crippen molar-refractivity contribution in [2.75, 3.05) is 0 Å². The highest BCUT2D eigenvalue weighted by molar-refractivity contribution is 5.40. The van der Waals surface area contributed by atoms with Crippen LogP contribution in [0.5, 0.6) is 11.5 Å². The fraction of sp³-hybridized carbons (Fsp3) is 0.231. The Labute approximate surface area is 105 Å². The summed E-state index contributed by atoms with van der Waals surface area (Å²) in [6, 6.07) is 8.07. The zero-order chi connectivity index (χ0) is 13.0. The van der Waals surface area contributed by atoms with Crippen molar-refractivity contribution in [2.24, 2.45) is 0 Å². The normalized spacial score (nSPS) is 12.3. The van der Waals surface area contributed by atoms with Gasteiger partial charge in [0.25, 0.3) is 0 Å². The van der Waals surface area contributed by atoms with Gasteiger partial charge in [0.15, 0.2) is 0 Å². The standard InChI is InChI=1S/C13H15N3O2/c1-9(12-7-11(17)4-5-13(12)18)14-8-10-3-2-6-15-16-10/h2-7,9,14,17-18H,8H2,1H3. The fourth-order valence-corrected chi connectivity index (χ4v) is 1.68. The van der Waals surface area contributed by atoms with Crippen LogP contribution >= 0.6 is 0 Å². The summed E-state index contributed by atoms with van der Waals surface area (Å²) >= 11 is 0. The number of nitrogens with one attached hydrogen (secondary N) is 1. The van der Waals surface area contributed by atoms with Gasteiger partial charge in [0, 0.05) is 24.3 Å². The minimum Gasteiger partial charge on any atom is -0.508 e. The molecule has 3 N–H and O–H groups in total. The minimum absolute atomic E-state index is 0.0980. The lowest BCUT2D eigenvalue weighted by Crippen LogP contribution is -2.19. The van der Waals surface area contributed by atoms with Gasteiger partial charge in [0.2, 0.25) is 0 Å². The molecule has 0 saturated heterocycles. The largest absolute Gasteiger partial charge is 0.508 e. The third-order valence-electron chi connectivity index (χ3n) is 2.69. The van der Waals surface area contributed by atoms with Crippen LogP contribution in [0, 0.1) is 0 Å². The lowest BCUT2D eigenvalue weighted by atomic mass is 10.1. The maximum absolute atomic E-state index is 9.72. The molecule has 5 nitrogen and oxygen atoms in total. The molecule has 0 spiro atoms. The number of aromatic nitrogens is 2. The molecule has 1 heterocycles. The van der Waals surface area contributed by atoms with Gasteiger partial charge in [-0.15, -0.1) is 0 Å². The van der Waals surface area contributed by atoms with Crippen molar-refractivity contribution in [1.82, 2.24) is 15.5 Å². The first-order valence-electron chi connectivity index (χ1n) is 5.68. The van der Waals surface area contributed by atoms with E-state index < -0.39 is 0 Å². The summed E-state index contributed by atoms with van der Waals surface area (Å²) in [6.45, 7) is 2.45. The van der Waals surface area contributed by atoms with Crippen molar-refractivity contribution in [3.63, 3.8) is 0 Å². The topological polar surface area (TPSA) is 78.3 Å². The summed E-state index contributed by atoms with van der Waals surface area (Å²) in [7, 11) is 0. The van der Waals surface area contributed by atoms with Crippen LogP contribution in [0.4, 0.5) is 0 Å². The average Bonchev–Trinajstić information content (AvgIpc) is 2.40. The molecule has 0 aliphatic carbocycles. The Balaban J connectivity index is 2.03. The smallest absolute Gasteiger partial charge is 0.120 e.